The number of rotatable bonds is 4. The first-order valence-corrected chi connectivity index (χ1v) is 6.50. The zero-order valence-electron chi connectivity index (χ0n) is 11.3. The Morgan fingerprint density at radius 2 is 2.21 bits per heavy atom. The highest BCUT2D eigenvalue weighted by Crippen LogP contribution is 2.22. The highest BCUT2D eigenvalue weighted by Gasteiger charge is 2.14. The lowest BCUT2D eigenvalue weighted by molar-refractivity contribution is -0.128. The lowest BCUT2D eigenvalue weighted by Gasteiger charge is -2.14. The first-order chi connectivity index (χ1) is 9.11. The third-order valence-corrected chi connectivity index (χ3v) is 3.38. The second-order valence-corrected chi connectivity index (χ2v) is 4.64. The van der Waals surface area contributed by atoms with Crippen molar-refractivity contribution in [1.29, 1.82) is 0 Å². The van der Waals surface area contributed by atoms with E-state index in [0.717, 1.165) is 18.7 Å². The van der Waals surface area contributed by atoms with E-state index in [1.807, 2.05) is 19.1 Å². The molecule has 5 nitrogen and oxygen atoms in total. The summed E-state index contributed by atoms with van der Waals surface area (Å²) in [4.78, 5) is 25.1. The SMILES string of the molecule is CCN(C)C(=O)CNC(=O)c1ccc2c(c1)NCC2. The van der Waals surface area contributed by atoms with Crippen LogP contribution in [0.2, 0.25) is 0 Å². The van der Waals surface area contributed by atoms with Crippen LogP contribution in [0.5, 0.6) is 0 Å². The highest BCUT2D eigenvalue weighted by molar-refractivity contribution is 5.97. The molecule has 0 bridgehead atoms. The summed E-state index contributed by atoms with van der Waals surface area (Å²) in [5, 5.41) is 5.88. The molecule has 0 unspecified atom stereocenters. The van der Waals surface area contributed by atoms with Crippen molar-refractivity contribution in [3.63, 3.8) is 0 Å². The molecule has 102 valence electrons. The summed E-state index contributed by atoms with van der Waals surface area (Å²) in [7, 11) is 1.72. The van der Waals surface area contributed by atoms with Crippen molar-refractivity contribution >= 4 is 17.5 Å². The number of carbonyl (C=O) groups excluding carboxylic acids is 2. The average Bonchev–Trinajstić information content (AvgIpc) is 2.90. The molecule has 0 saturated heterocycles. The normalized spacial score (nSPS) is 12.5. The maximum Gasteiger partial charge on any atom is 0.251 e. The van der Waals surface area contributed by atoms with Crippen LogP contribution in [0.4, 0.5) is 5.69 Å². The maximum atomic E-state index is 12.0. The monoisotopic (exact) mass is 261 g/mol. The van der Waals surface area contributed by atoms with Crippen LogP contribution in [-0.2, 0) is 11.2 Å². The molecule has 0 aliphatic carbocycles. The second kappa shape index (κ2) is 5.73. The average molecular weight is 261 g/mol. The summed E-state index contributed by atoms with van der Waals surface area (Å²) in [5.74, 6) is -0.301. The van der Waals surface area contributed by atoms with Gasteiger partial charge in [-0.05, 0) is 31.0 Å². The molecule has 0 atom stereocenters. The van der Waals surface area contributed by atoms with Crippen molar-refractivity contribution in [3.8, 4) is 0 Å². The minimum atomic E-state index is -0.214. The maximum absolute atomic E-state index is 12.0. The molecule has 5 heteroatoms. The zero-order valence-corrected chi connectivity index (χ0v) is 11.3. The van der Waals surface area contributed by atoms with Crippen LogP contribution >= 0.6 is 0 Å². The fourth-order valence-electron chi connectivity index (χ4n) is 2.00. The van der Waals surface area contributed by atoms with Gasteiger partial charge in [0.25, 0.3) is 5.91 Å². The van der Waals surface area contributed by atoms with Crippen molar-refractivity contribution in [2.45, 2.75) is 13.3 Å². The number of nitrogens with one attached hydrogen (secondary N) is 2. The number of amides is 2. The number of carbonyl (C=O) groups is 2. The van der Waals surface area contributed by atoms with E-state index in [9.17, 15) is 9.59 Å². The summed E-state index contributed by atoms with van der Waals surface area (Å²) in [6.45, 7) is 3.48. The molecular formula is C14H19N3O2. The van der Waals surface area contributed by atoms with Crippen molar-refractivity contribution in [1.82, 2.24) is 10.2 Å². The minimum Gasteiger partial charge on any atom is -0.384 e. The van der Waals surface area contributed by atoms with E-state index < -0.39 is 0 Å². The number of likely N-dealkylation sites (N-methyl/N-ethyl adjacent to an activating group) is 1. The predicted molar refractivity (Wildman–Crippen MR) is 74.3 cm³/mol. The Balaban J connectivity index is 1.95. The second-order valence-electron chi connectivity index (χ2n) is 4.64. The van der Waals surface area contributed by atoms with Gasteiger partial charge in [0.2, 0.25) is 5.91 Å². The number of nitrogens with zero attached hydrogens (tertiary/aromatic N) is 1. The fourth-order valence-corrected chi connectivity index (χ4v) is 2.00. The standard InChI is InChI=1S/C14H19N3O2/c1-3-17(2)13(18)9-16-14(19)11-5-4-10-6-7-15-12(10)8-11/h4-5,8,15H,3,6-7,9H2,1-2H3,(H,16,19). The third-order valence-electron chi connectivity index (χ3n) is 3.38. The largest absolute Gasteiger partial charge is 0.384 e. The Morgan fingerprint density at radius 1 is 1.42 bits per heavy atom. The van der Waals surface area contributed by atoms with Crippen molar-refractivity contribution < 1.29 is 9.59 Å². The lowest BCUT2D eigenvalue weighted by atomic mass is 10.1. The molecule has 1 aromatic rings. The van der Waals surface area contributed by atoms with Crippen molar-refractivity contribution in [2.24, 2.45) is 0 Å². The Morgan fingerprint density at radius 3 is 2.95 bits per heavy atom. The van der Waals surface area contributed by atoms with Gasteiger partial charge >= 0.3 is 0 Å². The van der Waals surface area contributed by atoms with Crippen molar-refractivity contribution in [2.75, 3.05) is 32.0 Å². The summed E-state index contributed by atoms with van der Waals surface area (Å²) in [5.41, 5.74) is 2.84. The molecule has 0 spiro atoms. The molecule has 2 N–H and O–H groups in total. The summed E-state index contributed by atoms with van der Waals surface area (Å²) in [6.07, 6.45) is 0.997. The van der Waals surface area contributed by atoms with E-state index >= 15 is 0 Å². The smallest absolute Gasteiger partial charge is 0.251 e. The summed E-state index contributed by atoms with van der Waals surface area (Å²) >= 11 is 0. The van der Waals surface area contributed by atoms with Crippen LogP contribution < -0.4 is 10.6 Å². The van der Waals surface area contributed by atoms with E-state index in [0.29, 0.717) is 12.1 Å². The number of benzene rings is 1. The van der Waals surface area contributed by atoms with E-state index in [4.69, 9.17) is 0 Å². The van der Waals surface area contributed by atoms with Crippen LogP contribution in [0.15, 0.2) is 18.2 Å². The molecule has 0 aromatic heterocycles. The molecule has 0 radical (unpaired) electrons. The van der Waals surface area contributed by atoms with Crippen LogP contribution in [0.1, 0.15) is 22.8 Å². The Bertz CT molecular complexity index is 499. The van der Waals surface area contributed by atoms with E-state index in [1.54, 1.807) is 18.0 Å². The molecule has 0 fully saturated rings. The van der Waals surface area contributed by atoms with Gasteiger partial charge in [0.15, 0.2) is 0 Å². The van der Waals surface area contributed by atoms with Gasteiger partial charge < -0.3 is 15.5 Å². The first kappa shape index (κ1) is 13.4. The molecule has 1 aromatic carbocycles. The molecule has 2 amide bonds. The van der Waals surface area contributed by atoms with E-state index in [1.165, 1.54) is 5.56 Å². The van der Waals surface area contributed by atoms with E-state index in [2.05, 4.69) is 10.6 Å². The van der Waals surface area contributed by atoms with Gasteiger partial charge in [-0.3, -0.25) is 9.59 Å². The lowest BCUT2D eigenvalue weighted by Crippen LogP contribution is -2.37. The molecule has 0 saturated carbocycles. The summed E-state index contributed by atoms with van der Waals surface area (Å²) in [6, 6.07) is 5.60. The Labute approximate surface area is 113 Å². The van der Waals surface area contributed by atoms with Crippen LogP contribution in [0.3, 0.4) is 0 Å². The molecular weight excluding hydrogens is 242 g/mol. The van der Waals surface area contributed by atoms with Crippen LogP contribution in [0.25, 0.3) is 0 Å². The molecule has 2 rings (SSSR count). The minimum absolute atomic E-state index is 0.0354. The molecule has 1 aliphatic heterocycles. The van der Waals surface area contributed by atoms with Gasteiger partial charge in [-0.2, -0.15) is 0 Å². The molecule has 1 heterocycles. The van der Waals surface area contributed by atoms with Gasteiger partial charge in [0, 0.05) is 31.4 Å². The first-order valence-electron chi connectivity index (χ1n) is 6.50. The van der Waals surface area contributed by atoms with Gasteiger partial charge in [-0.25, -0.2) is 0 Å². The van der Waals surface area contributed by atoms with Gasteiger partial charge in [0.05, 0.1) is 6.54 Å². The van der Waals surface area contributed by atoms with Gasteiger partial charge in [-0.15, -0.1) is 0 Å². The van der Waals surface area contributed by atoms with Crippen LogP contribution in [0, 0.1) is 0 Å². The topological polar surface area (TPSA) is 61.4 Å². The molecule has 19 heavy (non-hydrogen) atoms. The Kier molecular flexibility index (Phi) is 4.04. The zero-order chi connectivity index (χ0) is 13.8. The van der Waals surface area contributed by atoms with Gasteiger partial charge in [0.1, 0.15) is 0 Å². The van der Waals surface area contributed by atoms with Crippen molar-refractivity contribution in [3.05, 3.63) is 29.3 Å². The quantitative estimate of drug-likeness (QED) is 0.845. The molecule has 1 aliphatic rings. The number of fused-ring (bicyclic) bond motifs is 1. The number of hydrogen-bond donors (Lipinski definition) is 2. The Hall–Kier alpha value is -2.04. The highest BCUT2D eigenvalue weighted by atomic mass is 16.2. The third kappa shape index (κ3) is 3.05. The van der Waals surface area contributed by atoms with Crippen LogP contribution in [-0.4, -0.2) is 43.4 Å². The number of anilines is 1. The summed E-state index contributed by atoms with van der Waals surface area (Å²) < 4.78 is 0. The predicted octanol–water partition coefficient (Wildman–Crippen LogP) is 0.863. The van der Waals surface area contributed by atoms with E-state index in [-0.39, 0.29) is 18.4 Å². The van der Waals surface area contributed by atoms with Gasteiger partial charge in [-0.1, -0.05) is 6.07 Å². The fraction of sp³-hybridized carbons (Fsp3) is 0.429. The number of hydrogen-bond acceptors (Lipinski definition) is 3.